The first-order chi connectivity index (χ1) is 10.4. The summed E-state index contributed by atoms with van der Waals surface area (Å²) in [6.45, 7) is 9.22. The summed E-state index contributed by atoms with van der Waals surface area (Å²) >= 11 is 1.18. The summed E-state index contributed by atoms with van der Waals surface area (Å²) in [6.07, 6.45) is 2.38. The van der Waals surface area contributed by atoms with Crippen LogP contribution in [0.5, 0.6) is 0 Å². The number of carbonyl (C=O) groups is 1. The molecule has 122 valence electrons. The van der Waals surface area contributed by atoms with Gasteiger partial charge in [-0.05, 0) is 39.7 Å². The largest absolute Gasteiger partial charge is 0.444 e. The fourth-order valence-corrected chi connectivity index (χ4v) is 2.34. The lowest BCUT2D eigenvalue weighted by atomic mass is 10.1. The molecule has 1 amide bonds. The molecule has 0 saturated heterocycles. The second-order valence-electron chi connectivity index (χ2n) is 5.86. The number of hydrogen-bond acceptors (Lipinski definition) is 6. The molecule has 0 saturated carbocycles. The summed E-state index contributed by atoms with van der Waals surface area (Å²) in [5.74, 6) is 0.658. The molecule has 2 rings (SSSR count). The molecular weight excluding hydrogens is 304 g/mol. The third-order valence-electron chi connectivity index (χ3n) is 2.87. The van der Waals surface area contributed by atoms with Gasteiger partial charge in [-0.15, -0.1) is 0 Å². The third-order valence-corrected chi connectivity index (χ3v) is 3.56. The van der Waals surface area contributed by atoms with E-state index >= 15 is 0 Å². The second kappa shape index (κ2) is 7.15. The van der Waals surface area contributed by atoms with Crippen LogP contribution in [0.4, 0.5) is 4.79 Å². The Bertz CT molecular complexity index is 551. The average Bonchev–Trinajstić information content (AvgIpc) is 2.92. The Morgan fingerprint density at radius 2 is 2.27 bits per heavy atom. The minimum atomic E-state index is -0.476. The van der Waals surface area contributed by atoms with Gasteiger partial charge in [0.25, 0.3) is 0 Å². The number of hydrogen-bond donors (Lipinski definition) is 1. The van der Waals surface area contributed by atoms with Gasteiger partial charge in [0.05, 0.1) is 18.6 Å². The Labute approximate surface area is 134 Å². The third kappa shape index (κ3) is 4.74. The maximum atomic E-state index is 12.0. The van der Waals surface area contributed by atoms with E-state index in [1.54, 1.807) is 4.90 Å². The number of amides is 1. The number of rotatable bonds is 4. The highest BCUT2D eigenvalue weighted by Crippen LogP contribution is 2.23. The Morgan fingerprint density at radius 3 is 2.86 bits per heavy atom. The molecule has 0 radical (unpaired) electrons. The molecule has 0 bridgehead atoms. The van der Waals surface area contributed by atoms with Crippen LogP contribution in [0.2, 0.25) is 0 Å². The van der Waals surface area contributed by atoms with E-state index < -0.39 is 5.60 Å². The van der Waals surface area contributed by atoms with Crippen molar-refractivity contribution in [3.05, 3.63) is 11.9 Å². The Balaban J connectivity index is 1.93. The van der Waals surface area contributed by atoms with Crippen LogP contribution in [-0.2, 0) is 8.92 Å². The van der Waals surface area contributed by atoms with Crippen LogP contribution in [-0.4, -0.2) is 51.5 Å². The molecule has 0 spiro atoms. The normalized spacial score (nSPS) is 15.6. The van der Waals surface area contributed by atoms with E-state index in [2.05, 4.69) is 15.2 Å². The Kier molecular flexibility index (Phi) is 5.47. The first-order valence-corrected chi connectivity index (χ1v) is 8.02. The molecule has 2 heterocycles. The van der Waals surface area contributed by atoms with Crippen molar-refractivity contribution >= 4 is 23.7 Å². The molecule has 22 heavy (non-hydrogen) atoms. The number of carbonyl (C=O) groups excluding carboxylic acids is 1. The molecule has 1 aliphatic heterocycles. The standard InChI is InChI=1S/C14H22N4O3S/c1-5-20-22-12-15-11(16-17-12)10-6-8-18(9-7-10)13(19)21-14(2,3)4/h6H,5,7-9H2,1-4H3,(H,15,16,17). The van der Waals surface area contributed by atoms with E-state index in [1.165, 1.54) is 12.0 Å². The van der Waals surface area contributed by atoms with Crippen molar-refractivity contribution in [1.82, 2.24) is 20.1 Å². The quantitative estimate of drug-likeness (QED) is 0.857. The molecule has 0 aliphatic carbocycles. The summed E-state index contributed by atoms with van der Waals surface area (Å²) in [4.78, 5) is 18.0. The van der Waals surface area contributed by atoms with Gasteiger partial charge in [0.1, 0.15) is 5.60 Å². The summed E-state index contributed by atoms with van der Waals surface area (Å²) < 4.78 is 10.6. The molecule has 0 aromatic carbocycles. The lowest BCUT2D eigenvalue weighted by Crippen LogP contribution is -2.39. The number of nitrogens with one attached hydrogen (secondary N) is 1. The van der Waals surface area contributed by atoms with Gasteiger partial charge >= 0.3 is 6.09 Å². The van der Waals surface area contributed by atoms with E-state index in [1.807, 2.05) is 33.8 Å². The van der Waals surface area contributed by atoms with Crippen LogP contribution in [0.25, 0.3) is 5.57 Å². The molecule has 1 aromatic rings. The van der Waals surface area contributed by atoms with E-state index in [9.17, 15) is 4.79 Å². The Morgan fingerprint density at radius 1 is 1.50 bits per heavy atom. The zero-order chi connectivity index (χ0) is 16.2. The van der Waals surface area contributed by atoms with Gasteiger partial charge in [-0.3, -0.25) is 5.10 Å². The SMILES string of the molecule is CCOSc1nc(C2=CCN(C(=O)OC(C)(C)C)CC2)n[nH]1. The second-order valence-corrected chi connectivity index (χ2v) is 6.65. The number of H-pyrrole nitrogens is 1. The number of aromatic amines is 1. The van der Waals surface area contributed by atoms with Crippen molar-refractivity contribution in [2.24, 2.45) is 0 Å². The first kappa shape index (κ1) is 16.8. The molecule has 0 atom stereocenters. The highest BCUT2D eigenvalue weighted by Gasteiger charge is 2.24. The summed E-state index contributed by atoms with van der Waals surface area (Å²) in [6, 6.07) is 0. The van der Waals surface area contributed by atoms with Crippen LogP contribution in [0.15, 0.2) is 11.2 Å². The molecule has 1 N–H and O–H groups in total. The molecule has 0 fully saturated rings. The van der Waals surface area contributed by atoms with Gasteiger partial charge < -0.3 is 13.8 Å². The van der Waals surface area contributed by atoms with Crippen LogP contribution in [0, 0.1) is 0 Å². The monoisotopic (exact) mass is 326 g/mol. The van der Waals surface area contributed by atoms with Crippen molar-refractivity contribution in [3.8, 4) is 0 Å². The smallest absolute Gasteiger partial charge is 0.410 e. The van der Waals surface area contributed by atoms with Crippen molar-refractivity contribution in [2.45, 2.75) is 44.9 Å². The van der Waals surface area contributed by atoms with Crippen molar-refractivity contribution < 1.29 is 13.7 Å². The van der Waals surface area contributed by atoms with Gasteiger partial charge in [0, 0.05) is 13.1 Å². The minimum Gasteiger partial charge on any atom is -0.444 e. The molecule has 7 nitrogen and oxygen atoms in total. The predicted octanol–water partition coefficient (Wildman–Crippen LogP) is 2.87. The van der Waals surface area contributed by atoms with Gasteiger partial charge in [-0.25, -0.2) is 4.79 Å². The maximum absolute atomic E-state index is 12.0. The van der Waals surface area contributed by atoms with Gasteiger partial charge in [0.2, 0.25) is 5.16 Å². The molecule has 8 heteroatoms. The fraction of sp³-hybridized carbons (Fsp3) is 0.643. The highest BCUT2D eigenvalue weighted by atomic mass is 32.2. The van der Waals surface area contributed by atoms with Crippen molar-refractivity contribution in [3.63, 3.8) is 0 Å². The Hall–Kier alpha value is -1.54. The lowest BCUT2D eigenvalue weighted by molar-refractivity contribution is 0.0270. The molecular formula is C14H22N4O3S. The van der Waals surface area contributed by atoms with Gasteiger partial charge in [-0.1, -0.05) is 6.08 Å². The zero-order valence-electron chi connectivity index (χ0n) is 13.4. The van der Waals surface area contributed by atoms with Gasteiger partial charge in [-0.2, -0.15) is 10.1 Å². The number of nitrogens with zero attached hydrogens (tertiary/aromatic N) is 3. The summed E-state index contributed by atoms with van der Waals surface area (Å²) in [5.41, 5.74) is 0.551. The predicted molar refractivity (Wildman–Crippen MR) is 84.3 cm³/mol. The lowest BCUT2D eigenvalue weighted by Gasteiger charge is -2.29. The average molecular weight is 326 g/mol. The topological polar surface area (TPSA) is 80.3 Å². The molecule has 0 unspecified atom stereocenters. The van der Waals surface area contributed by atoms with E-state index in [-0.39, 0.29) is 6.09 Å². The molecule has 1 aliphatic rings. The highest BCUT2D eigenvalue weighted by molar-refractivity contribution is 7.94. The zero-order valence-corrected chi connectivity index (χ0v) is 14.2. The maximum Gasteiger partial charge on any atom is 0.410 e. The minimum absolute atomic E-state index is 0.287. The number of aromatic nitrogens is 3. The summed E-state index contributed by atoms with van der Waals surface area (Å²) in [5, 5.41) is 7.65. The van der Waals surface area contributed by atoms with Crippen molar-refractivity contribution in [1.29, 1.82) is 0 Å². The van der Waals surface area contributed by atoms with E-state index in [0.717, 1.165) is 5.57 Å². The summed E-state index contributed by atoms with van der Waals surface area (Å²) in [7, 11) is 0. The van der Waals surface area contributed by atoms with E-state index in [4.69, 9.17) is 8.92 Å². The van der Waals surface area contributed by atoms with Crippen LogP contribution >= 0.6 is 12.0 Å². The van der Waals surface area contributed by atoms with Crippen LogP contribution in [0.3, 0.4) is 0 Å². The van der Waals surface area contributed by atoms with Crippen LogP contribution < -0.4 is 0 Å². The first-order valence-electron chi connectivity index (χ1n) is 7.28. The van der Waals surface area contributed by atoms with Gasteiger partial charge in [0.15, 0.2) is 5.82 Å². The van der Waals surface area contributed by atoms with Crippen molar-refractivity contribution in [2.75, 3.05) is 19.7 Å². The van der Waals surface area contributed by atoms with E-state index in [0.29, 0.717) is 37.1 Å². The molecule has 1 aromatic heterocycles. The van der Waals surface area contributed by atoms with Crippen LogP contribution in [0.1, 0.15) is 39.9 Å². The number of ether oxygens (including phenoxy) is 1. The fourth-order valence-electron chi connectivity index (χ4n) is 1.91.